The van der Waals surface area contributed by atoms with Crippen LogP contribution in [0.5, 0.6) is 0 Å². The largest absolute Gasteiger partial charge is 0.381 e. The zero-order valence-corrected chi connectivity index (χ0v) is 21.9. The molecule has 0 spiro atoms. The van der Waals surface area contributed by atoms with Crippen molar-refractivity contribution in [3.8, 4) is 0 Å². The Morgan fingerprint density at radius 3 is 2.63 bits per heavy atom. The van der Waals surface area contributed by atoms with Gasteiger partial charge in [-0.15, -0.1) is 0 Å². The molecule has 2 atom stereocenters. The Bertz CT molecular complexity index is 1110. The van der Waals surface area contributed by atoms with Crippen molar-refractivity contribution in [2.24, 2.45) is 5.92 Å². The second kappa shape index (κ2) is 11.3. The molecule has 1 saturated heterocycles. The van der Waals surface area contributed by atoms with Gasteiger partial charge in [-0.2, -0.15) is 4.98 Å². The number of ether oxygens (including phenoxy) is 2. The Hall–Kier alpha value is -2.78. The van der Waals surface area contributed by atoms with Crippen LogP contribution in [0.4, 0.5) is 17.6 Å². The van der Waals surface area contributed by atoms with E-state index >= 15 is 0 Å². The Morgan fingerprint density at radius 2 is 1.94 bits per heavy atom. The first kappa shape index (κ1) is 25.3. The van der Waals surface area contributed by atoms with Gasteiger partial charge in [0.1, 0.15) is 29.6 Å². The lowest BCUT2D eigenvalue weighted by atomic mass is 9.97. The lowest BCUT2D eigenvalue weighted by molar-refractivity contribution is 0.0303. The number of rotatable bonds is 10. The molecule has 1 N–H and O–H groups in total. The quantitative estimate of drug-likeness (QED) is 0.427. The van der Waals surface area contributed by atoms with E-state index in [2.05, 4.69) is 59.4 Å². The average Bonchev–Trinajstić information content (AvgIpc) is 3.22. The summed E-state index contributed by atoms with van der Waals surface area (Å²) in [6.07, 6.45) is 7.12. The van der Waals surface area contributed by atoms with E-state index in [4.69, 9.17) is 19.4 Å². The zero-order chi connectivity index (χ0) is 24.9. The molecule has 3 aromatic heterocycles. The highest BCUT2D eigenvalue weighted by Crippen LogP contribution is 2.26. The van der Waals surface area contributed by atoms with Crippen molar-refractivity contribution in [1.82, 2.24) is 24.5 Å². The van der Waals surface area contributed by atoms with Crippen LogP contribution in [0.1, 0.15) is 65.7 Å². The van der Waals surface area contributed by atoms with Crippen LogP contribution in [-0.2, 0) is 16.1 Å². The number of piperidine rings is 1. The third-order valence-electron chi connectivity index (χ3n) is 6.84. The summed E-state index contributed by atoms with van der Waals surface area (Å²) in [6.45, 7) is 13.1. The van der Waals surface area contributed by atoms with Gasteiger partial charge in [-0.25, -0.2) is 15.0 Å². The molecule has 35 heavy (non-hydrogen) atoms. The molecule has 4 heterocycles. The predicted molar refractivity (Wildman–Crippen MR) is 139 cm³/mol. The molecule has 0 bridgehead atoms. The van der Waals surface area contributed by atoms with Gasteiger partial charge in [0.15, 0.2) is 0 Å². The Morgan fingerprint density at radius 1 is 1.14 bits per heavy atom. The molecule has 0 aliphatic carbocycles. The van der Waals surface area contributed by atoms with Gasteiger partial charge in [-0.1, -0.05) is 20.8 Å². The molecule has 190 valence electrons. The second-order valence-corrected chi connectivity index (χ2v) is 9.65. The Labute approximate surface area is 208 Å². The van der Waals surface area contributed by atoms with Crippen LogP contribution in [0.25, 0.3) is 11.0 Å². The molecular formula is C26H39N7O2. The molecule has 0 radical (unpaired) electrons. The van der Waals surface area contributed by atoms with Gasteiger partial charge in [0.2, 0.25) is 5.95 Å². The number of hydrogen-bond acceptors (Lipinski definition) is 8. The third-order valence-corrected chi connectivity index (χ3v) is 6.84. The molecule has 9 nitrogen and oxygen atoms in total. The maximum absolute atomic E-state index is 6.12. The number of anilines is 3. The van der Waals surface area contributed by atoms with Crippen LogP contribution in [0.3, 0.4) is 0 Å². The van der Waals surface area contributed by atoms with Gasteiger partial charge in [0.05, 0.1) is 23.9 Å². The van der Waals surface area contributed by atoms with Crippen molar-refractivity contribution in [3.63, 3.8) is 0 Å². The van der Waals surface area contributed by atoms with Crippen LogP contribution < -0.4 is 10.2 Å². The fourth-order valence-corrected chi connectivity index (χ4v) is 4.87. The van der Waals surface area contributed by atoms with Gasteiger partial charge < -0.3 is 24.3 Å². The maximum Gasteiger partial charge on any atom is 0.227 e. The highest BCUT2D eigenvalue weighted by Gasteiger charge is 2.27. The number of nitrogens with one attached hydrogen (secondary N) is 1. The van der Waals surface area contributed by atoms with Crippen LogP contribution in [0.2, 0.25) is 0 Å². The maximum atomic E-state index is 6.12. The van der Waals surface area contributed by atoms with E-state index in [1.807, 2.05) is 18.3 Å². The number of fused-ring (bicyclic) bond motifs is 1. The first-order valence-corrected chi connectivity index (χ1v) is 12.8. The van der Waals surface area contributed by atoms with E-state index in [1.54, 1.807) is 13.3 Å². The van der Waals surface area contributed by atoms with Crippen molar-refractivity contribution in [1.29, 1.82) is 0 Å². The van der Waals surface area contributed by atoms with E-state index in [9.17, 15) is 0 Å². The van der Waals surface area contributed by atoms with Gasteiger partial charge in [0.25, 0.3) is 0 Å². The summed E-state index contributed by atoms with van der Waals surface area (Å²) in [7, 11) is 1.79. The SMILES string of the molecule is CCC(CC)OCc1nc2cnc(Nc3ccnc(N4CCC(OC)C(C)C4)n3)cc2n1C(C)C. The third kappa shape index (κ3) is 5.73. The predicted octanol–water partition coefficient (Wildman–Crippen LogP) is 5.11. The standard InChI is InChI=1S/C26H39N7O2/c1-7-19(8-2)35-16-25-29-20-14-28-24(13-21(20)33(25)17(3)4)30-23-9-11-27-26(31-23)32-12-10-22(34-6)18(5)15-32/h9,11,13-14,17-19,22H,7-8,10,12,15-16H2,1-6H3,(H,27,28,30,31). The lowest BCUT2D eigenvalue weighted by Crippen LogP contribution is -2.43. The fraction of sp³-hybridized carbons (Fsp3) is 0.615. The second-order valence-electron chi connectivity index (χ2n) is 9.65. The normalized spacial score (nSPS) is 18.7. The van der Waals surface area contributed by atoms with Crippen LogP contribution in [0.15, 0.2) is 24.5 Å². The van der Waals surface area contributed by atoms with Crippen LogP contribution in [0, 0.1) is 5.92 Å². The Balaban J connectivity index is 1.54. The van der Waals surface area contributed by atoms with Crippen molar-refractivity contribution in [2.45, 2.75) is 78.7 Å². The number of pyridine rings is 1. The van der Waals surface area contributed by atoms with Crippen molar-refractivity contribution in [3.05, 3.63) is 30.4 Å². The molecule has 0 amide bonds. The molecular weight excluding hydrogens is 442 g/mol. The summed E-state index contributed by atoms with van der Waals surface area (Å²) in [5.74, 6) is 3.53. The molecule has 0 aromatic carbocycles. The molecule has 1 aliphatic heterocycles. The van der Waals surface area contributed by atoms with E-state index in [1.165, 1.54) is 0 Å². The van der Waals surface area contributed by atoms with Crippen LogP contribution in [-0.4, -0.2) is 56.9 Å². The van der Waals surface area contributed by atoms with Gasteiger partial charge in [-0.05, 0) is 45.1 Å². The molecule has 9 heteroatoms. The average molecular weight is 482 g/mol. The molecule has 2 unspecified atom stereocenters. The van der Waals surface area contributed by atoms with E-state index in [0.717, 1.165) is 66.8 Å². The van der Waals surface area contributed by atoms with Crippen molar-refractivity contribution < 1.29 is 9.47 Å². The smallest absolute Gasteiger partial charge is 0.227 e. The topological polar surface area (TPSA) is 90.2 Å². The monoisotopic (exact) mass is 481 g/mol. The summed E-state index contributed by atoms with van der Waals surface area (Å²) in [5.41, 5.74) is 1.90. The molecule has 3 aromatic rings. The lowest BCUT2D eigenvalue weighted by Gasteiger charge is -2.36. The highest BCUT2D eigenvalue weighted by atomic mass is 16.5. The van der Waals surface area contributed by atoms with Crippen LogP contribution >= 0.6 is 0 Å². The summed E-state index contributed by atoms with van der Waals surface area (Å²) < 4.78 is 13.9. The van der Waals surface area contributed by atoms with E-state index < -0.39 is 0 Å². The van der Waals surface area contributed by atoms with E-state index in [-0.39, 0.29) is 12.1 Å². The van der Waals surface area contributed by atoms with Gasteiger partial charge in [0, 0.05) is 38.5 Å². The highest BCUT2D eigenvalue weighted by molar-refractivity contribution is 5.79. The summed E-state index contributed by atoms with van der Waals surface area (Å²) in [4.78, 5) is 20.9. The fourth-order valence-electron chi connectivity index (χ4n) is 4.87. The summed E-state index contributed by atoms with van der Waals surface area (Å²) in [6, 6.07) is 4.16. The number of hydrogen-bond donors (Lipinski definition) is 1. The number of imidazole rings is 1. The molecule has 0 saturated carbocycles. The summed E-state index contributed by atoms with van der Waals surface area (Å²) in [5, 5.41) is 3.36. The minimum absolute atomic E-state index is 0.248. The number of methoxy groups -OCH3 is 1. The molecule has 1 aliphatic rings. The first-order valence-electron chi connectivity index (χ1n) is 12.8. The van der Waals surface area contributed by atoms with Gasteiger partial charge >= 0.3 is 0 Å². The van der Waals surface area contributed by atoms with Gasteiger partial charge in [-0.3, -0.25) is 0 Å². The van der Waals surface area contributed by atoms with E-state index in [0.29, 0.717) is 18.6 Å². The summed E-state index contributed by atoms with van der Waals surface area (Å²) >= 11 is 0. The van der Waals surface area contributed by atoms with Crippen molar-refractivity contribution in [2.75, 3.05) is 30.4 Å². The first-order chi connectivity index (χ1) is 16.9. The molecule has 4 rings (SSSR count). The zero-order valence-electron chi connectivity index (χ0n) is 21.9. The number of nitrogens with zero attached hydrogens (tertiary/aromatic N) is 6. The minimum Gasteiger partial charge on any atom is -0.381 e. The Kier molecular flexibility index (Phi) is 8.18. The minimum atomic E-state index is 0.248. The number of aromatic nitrogens is 5. The van der Waals surface area contributed by atoms with Crippen molar-refractivity contribution >= 4 is 28.6 Å². The molecule has 1 fully saturated rings.